The maximum Gasteiger partial charge on any atom is 0.0277 e. The second kappa shape index (κ2) is 7.02. The van der Waals surface area contributed by atoms with Crippen molar-refractivity contribution in [3.63, 3.8) is 0 Å². The molecular formula is C11H20ClN. The predicted octanol–water partition coefficient (Wildman–Crippen LogP) is 3.67. The molecule has 0 radical (unpaired) electrons. The van der Waals surface area contributed by atoms with Crippen LogP contribution in [0.2, 0.25) is 0 Å². The molecule has 0 aromatic heterocycles. The van der Waals surface area contributed by atoms with Crippen LogP contribution in [-0.4, -0.2) is 5.88 Å². The maximum atomic E-state index is 5.59. The molecule has 0 aromatic carbocycles. The molecule has 0 aliphatic rings. The third-order valence-electron chi connectivity index (χ3n) is 1.67. The van der Waals surface area contributed by atoms with Crippen LogP contribution in [0.1, 0.15) is 33.6 Å². The van der Waals surface area contributed by atoms with Crippen LogP contribution in [0.5, 0.6) is 0 Å². The van der Waals surface area contributed by atoms with Crippen LogP contribution < -0.4 is 5.32 Å². The summed E-state index contributed by atoms with van der Waals surface area (Å²) in [7, 11) is 0. The quantitative estimate of drug-likeness (QED) is 0.647. The van der Waals surface area contributed by atoms with Crippen molar-refractivity contribution in [1.29, 1.82) is 0 Å². The molecule has 0 heterocycles. The van der Waals surface area contributed by atoms with E-state index in [0.717, 1.165) is 18.5 Å². The molecule has 0 saturated heterocycles. The molecule has 0 aliphatic heterocycles. The average Bonchev–Trinajstić information content (AvgIpc) is 2.01. The van der Waals surface area contributed by atoms with Gasteiger partial charge in [-0.05, 0) is 19.3 Å². The van der Waals surface area contributed by atoms with E-state index in [1.165, 1.54) is 5.70 Å². The van der Waals surface area contributed by atoms with Crippen LogP contribution in [-0.2, 0) is 0 Å². The zero-order valence-corrected chi connectivity index (χ0v) is 9.62. The Balaban J connectivity index is 3.77. The molecule has 0 atom stereocenters. The molecule has 2 heteroatoms. The van der Waals surface area contributed by atoms with E-state index < -0.39 is 0 Å². The van der Waals surface area contributed by atoms with Crippen LogP contribution >= 0.6 is 11.6 Å². The molecule has 0 fully saturated rings. The summed E-state index contributed by atoms with van der Waals surface area (Å²) in [5.74, 6) is 1.33. The first kappa shape index (κ1) is 12.6. The minimum Gasteiger partial charge on any atom is -0.363 e. The molecular weight excluding hydrogens is 182 g/mol. The molecule has 1 nitrogen and oxygen atoms in total. The standard InChI is InChI=1S/C11H20ClN/c1-9(2)5-6-10(3)13-11(4)7-8-12/h6,9,13H,4-5,7-8H2,1-3H3/b10-6+. The van der Waals surface area contributed by atoms with Crippen LogP contribution in [0, 0.1) is 5.92 Å². The summed E-state index contributed by atoms with van der Waals surface area (Å²) in [6.45, 7) is 10.3. The molecule has 0 spiro atoms. The topological polar surface area (TPSA) is 12.0 Å². The van der Waals surface area contributed by atoms with E-state index >= 15 is 0 Å². The highest BCUT2D eigenvalue weighted by atomic mass is 35.5. The molecule has 0 aromatic rings. The fourth-order valence-electron chi connectivity index (χ4n) is 0.919. The lowest BCUT2D eigenvalue weighted by atomic mass is 10.1. The molecule has 0 aliphatic carbocycles. The number of hydrogen-bond acceptors (Lipinski definition) is 1. The largest absolute Gasteiger partial charge is 0.363 e. The van der Waals surface area contributed by atoms with Crippen molar-refractivity contribution in [2.75, 3.05) is 5.88 Å². The zero-order chi connectivity index (χ0) is 10.3. The van der Waals surface area contributed by atoms with E-state index in [4.69, 9.17) is 11.6 Å². The second-order valence-corrected chi connectivity index (χ2v) is 4.06. The van der Waals surface area contributed by atoms with Gasteiger partial charge < -0.3 is 5.32 Å². The number of hydrogen-bond donors (Lipinski definition) is 1. The third-order valence-corrected chi connectivity index (χ3v) is 1.85. The van der Waals surface area contributed by atoms with Gasteiger partial charge in [0.15, 0.2) is 0 Å². The second-order valence-electron chi connectivity index (χ2n) is 3.68. The van der Waals surface area contributed by atoms with Crippen molar-refractivity contribution in [2.24, 2.45) is 5.92 Å². The molecule has 0 bridgehead atoms. The van der Waals surface area contributed by atoms with E-state index in [-0.39, 0.29) is 0 Å². The fourth-order valence-corrected chi connectivity index (χ4v) is 1.15. The Morgan fingerprint density at radius 1 is 1.54 bits per heavy atom. The molecule has 76 valence electrons. The summed E-state index contributed by atoms with van der Waals surface area (Å²) >= 11 is 5.59. The minimum atomic E-state index is 0.628. The van der Waals surface area contributed by atoms with Gasteiger partial charge in [0.05, 0.1) is 0 Å². The third kappa shape index (κ3) is 7.92. The maximum absolute atomic E-state index is 5.59. The van der Waals surface area contributed by atoms with Gasteiger partial charge >= 0.3 is 0 Å². The Labute approximate surface area is 86.9 Å². The summed E-state index contributed by atoms with van der Waals surface area (Å²) < 4.78 is 0. The zero-order valence-electron chi connectivity index (χ0n) is 8.86. The Morgan fingerprint density at radius 2 is 2.15 bits per heavy atom. The van der Waals surface area contributed by atoms with Gasteiger partial charge in [-0.2, -0.15) is 0 Å². The first-order valence-corrected chi connectivity index (χ1v) is 5.27. The van der Waals surface area contributed by atoms with E-state index in [1.54, 1.807) is 0 Å². The van der Waals surface area contributed by atoms with Gasteiger partial charge in [0.1, 0.15) is 0 Å². The number of allylic oxidation sites excluding steroid dienone is 3. The van der Waals surface area contributed by atoms with E-state index in [0.29, 0.717) is 11.8 Å². The highest BCUT2D eigenvalue weighted by molar-refractivity contribution is 6.17. The molecule has 0 unspecified atom stereocenters. The Kier molecular flexibility index (Phi) is 6.79. The summed E-state index contributed by atoms with van der Waals surface area (Å²) in [6, 6.07) is 0. The first-order chi connectivity index (χ1) is 6.06. The summed E-state index contributed by atoms with van der Waals surface area (Å²) in [5, 5.41) is 3.22. The number of rotatable bonds is 6. The van der Waals surface area contributed by atoms with Crippen molar-refractivity contribution in [1.82, 2.24) is 5.32 Å². The van der Waals surface area contributed by atoms with Crippen LogP contribution in [0.4, 0.5) is 0 Å². The van der Waals surface area contributed by atoms with Gasteiger partial charge in [-0.3, -0.25) is 0 Å². The highest BCUT2D eigenvalue weighted by Crippen LogP contribution is 2.04. The predicted molar refractivity (Wildman–Crippen MR) is 60.8 cm³/mol. The summed E-state index contributed by atoms with van der Waals surface area (Å²) in [6.07, 6.45) is 4.13. The van der Waals surface area contributed by atoms with Crippen LogP contribution in [0.3, 0.4) is 0 Å². The van der Waals surface area contributed by atoms with Crippen molar-refractivity contribution >= 4 is 11.6 Å². The van der Waals surface area contributed by atoms with E-state index in [1.807, 2.05) is 0 Å². The Morgan fingerprint density at radius 3 is 2.62 bits per heavy atom. The van der Waals surface area contributed by atoms with Crippen LogP contribution in [0.25, 0.3) is 0 Å². The summed E-state index contributed by atoms with van der Waals surface area (Å²) in [4.78, 5) is 0. The van der Waals surface area contributed by atoms with Crippen molar-refractivity contribution < 1.29 is 0 Å². The lowest BCUT2D eigenvalue weighted by Crippen LogP contribution is -2.10. The summed E-state index contributed by atoms with van der Waals surface area (Å²) in [5.41, 5.74) is 2.16. The molecule has 0 rings (SSSR count). The SMILES string of the molecule is C=C(CCCl)N/C(C)=C/CC(C)C. The minimum absolute atomic E-state index is 0.628. The molecule has 13 heavy (non-hydrogen) atoms. The monoisotopic (exact) mass is 201 g/mol. The molecule has 0 amide bonds. The van der Waals surface area contributed by atoms with E-state index in [9.17, 15) is 0 Å². The Bertz CT molecular complexity index is 183. The van der Waals surface area contributed by atoms with Gasteiger partial charge in [-0.15, -0.1) is 11.6 Å². The molecule has 1 N–H and O–H groups in total. The van der Waals surface area contributed by atoms with Crippen molar-refractivity contribution in [3.8, 4) is 0 Å². The average molecular weight is 202 g/mol. The lowest BCUT2D eigenvalue weighted by molar-refractivity contribution is 0.658. The smallest absolute Gasteiger partial charge is 0.0277 e. The van der Waals surface area contributed by atoms with Gasteiger partial charge in [0.2, 0.25) is 0 Å². The number of halogens is 1. The van der Waals surface area contributed by atoms with Crippen molar-refractivity contribution in [3.05, 3.63) is 24.0 Å². The number of alkyl halides is 1. The van der Waals surface area contributed by atoms with Crippen molar-refractivity contribution in [2.45, 2.75) is 33.6 Å². The first-order valence-electron chi connectivity index (χ1n) is 4.73. The Hall–Kier alpha value is -0.430. The van der Waals surface area contributed by atoms with Crippen LogP contribution in [0.15, 0.2) is 24.0 Å². The van der Waals surface area contributed by atoms with Gasteiger partial charge in [0.25, 0.3) is 0 Å². The van der Waals surface area contributed by atoms with Gasteiger partial charge in [-0.25, -0.2) is 0 Å². The number of nitrogens with one attached hydrogen (secondary N) is 1. The normalized spacial score (nSPS) is 11.9. The lowest BCUT2D eigenvalue weighted by Gasteiger charge is -2.08. The van der Waals surface area contributed by atoms with Gasteiger partial charge in [-0.1, -0.05) is 26.5 Å². The van der Waals surface area contributed by atoms with Gasteiger partial charge in [0, 0.05) is 23.7 Å². The fraction of sp³-hybridized carbons (Fsp3) is 0.636. The molecule has 0 saturated carbocycles. The van der Waals surface area contributed by atoms with E-state index in [2.05, 4.69) is 38.7 Å². The highest BCUT2D eigenvalue weighted by Gasteiger charge is 1.94.